The molecule has 1 N–H and O–H groups in total. The van der Waals surface area contributed by atoms with E-state index in [4.69, 9.17) is 0 Å². The minimum absolute atomic E-state index is 0.0605. The smallest absolute Gasteiger partial charge is 0.354 e. The number of anilines is 1. The molecule has 1 aliphatic rings. The largest absolute Gasteiger partial charge is 0.419 e. The molecule has 1 unspecified atom stereocenters. The van der Waals surface area contributed by atoms with Crippen LogP contribution in [-0.4, -0.2) is 30.0 Å². The summed E-state index contributed by atoms with van der Waals surface area (Å²) in [6, 6.07) is 2.16. The number of aromatic nitrogens is 1. The van der Waals surface area contributed by atoms with Gasteiger partial charge in [-0.2, -0.15) is 13.2 Å². The van der Waals surface area contributed by atoms with E-state index in [2.05, 4.69) is 10.3 Å². The number of hydrogen-bond acceptors (Lipinski definition) is 3. The van der Waals surface area contributed by atoms with Gasteiger partial charge in [0.1, 0.15) is 5.82 Å². The molecule has 0 bridgehead atoms. The van der Waals surface area contributed by atoms with Crippen LogP contribution in [0, 0.1) is 5.41 Å². The summed E-state index contributed by atoms with van der Waals surface area (Å²) in [5.41, 5.74) is -1.26. The van der Waals surface area contributed by atoms with Crippen LogP contribution < -0.4 is 10.2 Å². The molecule has 0 saturated carbocycles. The lowest BCUT2D eigenvalue weighted by Crippen LogP contribution is -2.50. The molecule has 7 heteroatoms. The van der Waals surface area contributed by atoms with Crippen LogP contribution in [-0.2, 0) is 11.0 Å². The maximum atomic E-state index is 13.1. The molecule has 0 radical (unpaired) electrons. The number of amides is 1. The third-order valence-corrected chi connectivity index (χ3v) is 3.83. The first-order valence-corrected chi connectivity index (χ1v) is 7.67. The summed E-state index contributed by atoms with van der Waals surface area (Å²) in [5.74, 6) is -0.156. The Balaban J connectivity index is 2.15. The second-order valence-electron chi connectivity index (χ2n) is 6.88. The highest BCUT2D eigenvalue weighted by Gasteiger charge is 2.37. The van der Waals surface area contributed by atoms with Crippen LogP contribution in [0.1, 0.15) is 39.2 Å². The maximum absolute atomic E-state index is 13.1. The van der Waals surface area contributed by atoms with Crippen molar-refractivity contribution in [3.63, 3.8) is 0 Å². The molecule has 0 aliphatic carbocycles. The zero-order valence-electron chi connectivity index (χ0n) is 13.6. The molecule has 1 aromatic heterocycles. The van der Waals surface area contributed by atoms with Gasteiger partial charge in [-0.3, -0.25) is 4.79 Å². The van der Waals surface area contributed by atoms with Gasteiger partial charge in [0.2, 0.25) is 5.91 Å². The number of carbonyl (C=O) groups is 1. The van der Waals surface area contributed by atoms with Crippen LogP contribution in [0.2, 0.25) is 0 Å². The molecule has 1 amide bonds. The molecule has 0 spiro atoms. The number of carbonyl (C=O) groups excluding carboxylic acids is 1. The Morgan fingerprint density at radius 2 is 2.04 bits per heavy atom. The molecule has 4 nitrogen and oxygen atoms in total. The lowest BCUT2D eigenvalue weighted by atomic mass is 9.94. The van der Waals surface area contributed by atoms with E-state index < -0.39 is 17.2 Å². The average molecular weight is 329 g/mol. The number of nitrogens with one attached hydrogen (secondary N) is 1. The average Bonchev–Trinajstić information content (AvgIpc) is 2.45. The Kier molecular flexibility index (Phi) is 4.87. The van der Waals surface area contributed by atoms with Gasteiger partial charge in [-0.25, -0.2) is 4.98 Å². The topological polar surface area (TPSA) is 45.2 Å². The van der Waals surface area contributed by atoms with Crippen molar-refractivity contribution in [2.45, 2.75) is 45.8 Å². The zero-order valence-corrected chi connectivity index (χ0v) is 13.6. The number of nitrogens with zero attached hydrogens (tertiary/aromatic N) is 2. The summed E-state index contributed by atoms with van der Waals surface area (Å²) in [6.07, 6.45) is -1.61. The second-order valence-corrected chi connectivity index (χ2v) is 6.88. The molecular formula is C16H22F3N3O. The van der Waals surface area contributed by atoms with E-state index in [1.54, 1.807) is 4.90 Å². The predicted octanol–water partition coefficient (Wildman–Crippen LogP) is 3.23. The van der Waals surface area contributed by atoms with Crippen molar-refractivity contribution in [3.8, 4) is 0 Å². The molecular weight excluding hydrogens is 307 g/mol. The lowest BCUT2D eigenvalue weighted by molar-refractivity contribution is -0.137. The second kappa shape index (κ2) is 6.37. The quantitative estimate of drug-likeness (QED) is 0.906. The molecule has 2 rings (SSSR count). The summed E-state index contributed by atoms with van der Waals surface area (Å²) in [7, 11) is 0. The molecule has 128 valence electrons. The molecule has 1 aliphatic heterocycles. The van der Waals surface area contributed by atoms with Crippen LogP contribution in [0.5, 0.6) is 0 Å². The van der Waals surface area contributed by atoms with Gasteiger partial charge in [-0.05, 0) is 25.0 Å². The summed E-state index contributed by atoms with van der Waals surface area (Å²) in [6.45, 7) is 6.26. The van der Waals surface area contributed by atoms with Gasteiger partial charge in [-0.1, -0.05) is 20.8 Å². The van der Waals surface area contributed by atoms with Crippen LogP contribution in [0.25, 0.3) is 0 Å². The van der Waals surface area contributed by atoms with Gasteiger partial charge in [0.25, 0.3) is 0 Å². The molecule has 23 heavy (non-hydrogen) atoms. The highest BCUT2D eigenvalue weighted by molar-refractivity contribution is 5.81. The first-order chi connectivity index (χ1) is 10.6. The van der Waals surface area contributed by atoms with Crippen molar-refractivity contribution in [3.05, 3.63) is 23.9 Å². The van der Waals surface area contributed by atoms with Crippen LogP contribution in [0.15, 0.2) is 18.3 Å². The summed E-state index contributed by atoms with van der Waals surface area (Å²) < 4.78 is 39.4. The first-order valence-electron chi connectivity index (χ1n) is 7.67. The number of pyridine rings is 1. The summed E-state index contributed by atoms with van der Waals surface area (Å²) >= 11 is 0. The van der Waals surface area contributed by atoms with Crippen LogP contribution in [0.3, 0.4) is 0 Å². The molecule has 1 aromatic rings. The minimum atomic E-state index is -4.44. The van der Waals surface area contributed by atoms with Gasteiger partial charge in [0, 0.05) is 30.7 Å². The number of rotatable bonds is 2. The number of hydrogen-bond donors (Lipinski definition) is 1. The Hall–Kier alpha value is -1.79. The van der Waals surface area contributed by atoms with Crippen molar-refractivity contribution in [2.24, 2.45) is 5.41 Å². The number of piperidine rings is 1. The fourth-order valence-electron chi connectivity index (χ4n) is 2.56. The van der Waals surface area contributed by atoms with Gasteiger partial charge >= 0.3 is 6.18 Å². The van der Waals surface area contributed by atoms with E-state index in [1.807, 2.05) is 20.8 Å². The van der Waals surface area contributed by atoms with E-state index in [1.165, 1.54) is 12.3 Å². The fraction of sp³-hybridized carbons (Fsp3) is 0.625. The molecule has 1 fully saturated rings. The Labute approximate surface area is 134 Å². The minimum Gasteiger partial charge on any atom is -0.354 e. The third kappa shape index (κ3) is 4.36. The van der Waals surface area contributed by atoms with Gasteiger partial charge < -0.3 is 10.2 Å². The predicted molar refractivity (Wildman–Crippen MR) is 82.1 cm³/mol. The third-order valence-electron chi connectivity index (χ3n) is 3.83. The highest BCUT2D eigenvalue weighted by Crippen LogP contribution is 2.35. The van der Waals surface area contributed by atoms with Gasteiger partial charge in [-0.15, -0.1) is 0 Å². The van der Waals surface area contributed by atoms with Crippen LogP contribution in [0.4, 0.5) is 19.0 Å². The van der Waals surface area contributed by atoms with E-state index in [-0.39, 0.29) is 17.8 Å². The molecule has 1 atom stereocenters. The SMILES string of the molecule is CC(C)(C)C(=O)NC1CCCN(c2ncccc2C(F)(F)F)C1. The fourth-order valence-corrected chi connectivity index (χ4v) is 2.56. The van der Waals surface area contributed by atoms with E-state index in [0.29, 0.717) is 19.5 Å². The van der Waals surface area contributed by atoms with Crippen molar-refractivity contribution in [2.75, 3.05) is 18.0 Å². The van der Waals surface area contributed by atoms with Crippen LogP contribution >= 0.6 is 0 Å². The van der Waals surface area contributed by atoms with E-state index in [9.17, 15) is 18.0 Å². The van der Waals surface area contributed by atoms with Crippen molar-refractivity contribution >= 4 is 11.7 Å². The monoisotopic (exact) mass is 329 g/mol. The van der Waals surface area contributed by atoms with Crippen molar-refractivity contribution < 1.29 is 18.0 Å². The summed E-state index contributed by atoms with van der Waals surface area (Å²) in [4.78, 5) is 17.6. The maximum Gasteiger partial charge on any atom is 0.419 e. The number of alkyl halides is 3. The lowest BCUT2D eigenvalue weighted by Gasteiger charge is -2.36. The Bertz CT molecular complexity index is 566. The van der Waals surface area contributed by atoms with Gasteiger partial charge in [0.05, 0.1) is 5.56 Å². The first kappa shape index (κ1) is 17.6. The molecule has 1 saturated heterocycles. The Morgan fingerprint density at radius 3 is 2.65 bits per heavy atom. The van der Waals surface area contributed by atoms with E-state index >= 15 is 0 Å². The molecule has 2 heterocycles. The van der Waals surface area contributed by atoms with Crippen molar-refractivity contribution in [1.29, 1.82) is 0 Å². The Morgan fingerprint density at radius 1 is 1.35 bits per heavy atom. The van der Waals surface area contributed by atoms with E-state index in [0.717, 1.165) is 12.5 Å². The normalized spacial score (nSPS) is 19.6. The molecule has 0 aromatic carbocycles. The number of halogens is 3. The van der Waals surface area contributed by atoms with Gasteiger partial charge in [0.15, 0.2) is 0 Å². The standard InChI is InChI=1S/C16H22F3N3O/c1-15(2,3)14(23)21-11-6-5-9-22(10-11)13-12(16(17,18)19)7-4-8-20-13/h4,7-8,11H,5-6,9-10H2,1-3H3,(H,21,23). The summed E-state index contributed by atoms with van der Waals surface area (Å²) in [5, 5.41) is 2.93. The zero-order chi connectivity index (χ0) is 17.3. The highest BCUT2D eigenvalue weighted by atomic mass is 19.4. The van der Waals surface area contributed by atoms with Crippen molar-refractivity contribution in [1.82, 2.24) is 10.3 Å².